The summed E-state index contributed by atoms with van der Waals surface area (Å²) in [5.41, 5.74) is 0.833. The van der Waals surface area contributed by atoms with Crippen molar-refractivity contribution in [3.8, 4) is 0 Å². The summed E-state index contributed by atoms with van der Waals surface area (Å²) in [7, 11) is 0. The lowest BCUT2D eigenvalue weighted by Gasteiger charge is -2.06. The van der Waals surface area contributed by atoms with E-state index in [1.807, 2.05) is 24.3 Å². The van der Waals surface area contributed by atoms with Crippen LogP contribution in [0.3, 0.4) is 0 Å². The van der Waals surface area contributed by atoms with Crippen LogP contribution in [0.4, 0.5) is 5.69 Å². The molecule has 0 radical (unpaired) electrons. The number of amides is 1. The summed E-state index contributed by atoms with van der Waals surface area (Å²) in [6.07, 6.45) is 1.29. The number of anilines is 1. The van der Waals surface area contributed by atoms with E-state index in [2.05, 4.69) is 33.5 Å². The quantitative estimate of drug-likeness (QED) is 0.877. The maximum absolute atomic E-state index is 11.6. The number of carbonyl (C=O) groups is 1. The Labute approximate surface area is 110 Å². The van der Waals surface area contributed by atoms with Gasteiger partial charge in [-0.25, -0.2) is 0 Å². The highest BCUT2D eigenvalue weighted by Gasteiger charge is 2.31. The van der Waals surface area contributed by atoms with E-state index in [-0.39, 0.29) is 5.91 Å². The van der Waals surface area contributed by atoms with Crippen LogP contribution in [0.2, 0.25) is 0 Å². The lowest BCUT2D eigenvalue weighted by atomic mass is 10.3. The van der Waals surface area contributed by atoms with E-state index in [1.165, 1.54) is 6.42 Å². The smallest absolute Gasteiger partial charge is 0.238 e. The van der Waals surface area contributed by atoms with E-state index in [0.29, 0.717) is 6.54 Å². The van der Waals surface area contributed by atoms with E-state index in [4.69, 9.17) is 0 Å². The molecule has 2 rings (SSSR count). The number of hydrogen-bond acceptors (Lipinski definition) is 2. The molecule has 0 aliphatic heterocycles. The molecule has 1 amide bonds. The number of benzene rings is 1. The van der Waals surface area contributed by atoms with Gasteiger partial charge in [-0.15, -0.1) is 0 Å². The number of nitrogens with one attached hydrogen (secondary N) is 2. The molecule has 1 aliphatic carbocycles. The molecule has 1 saturated carbocycles. The average molecular weight is 297 g/mol. The monoisotopic (exact) mass is 296 g/mol. The molecule has 1 aliphatic rings. The highest BCUT2D eigenvalue weighted by Crippen LogP contribution is 2.36. The zero-order valence-corrected chi connectivity index (χ0v) is 11.5. The van der Waals surface area contributed by atoms with Crippen molar-refractivity contribution in [2.75, 3.05) is 18.4 Å². The van der Waals surface area contributed by atoms with Crippen LogP contribution in [-0.2, 0) is 4.79 Å². The van der Waals surface area contributed by atoms with Gasteiger partial charge in [-0.3, -0.25) is 4.79 Å². The van der Waals surface area contributed by atoms with Gasteiger partial charge in [0.25, 0.3) is 0 Å². The number of rotatable bonds is 5. The summed E-state index contributed by atoms with van der Waals surface area (Å²) in [4.78, 5) is 11.6. The summed E-state index contributed by atoms with van der Waals surface area (Å²) >= 11 is 3.36. The van der Waals surface area contributed by atoms with Crippen LogP contribution in [0, 0.1) is 11.8 Å². The first-order valence-corrected chi connectivity index (χ1v) is 6.70. The average Bonchev–Trinajstić information content (AvgIpc) is 2.98. The van der Waals surface area contributed by atoms with E-state index in [0.717, 1.165) is 28.5 Å². The van der Waals surface area contributed by atoms with Crippen molar-refractivity contribution < 1.29 is 4.79 Å². The molecule has 3 nitrogen and oxygen atoms in total. The van der Waals surface area contributed by atoms with Crippen molar-refractivity contribution in [1.82, 2.24) is 5.32 Å². The minimum absolute atomic E-state index is 0.0145. The Balaban J connectivity index is 1.68. The first kappa shape index (κ1) is 12.6. The van der Waals surface area contributed by atoms with Crippen LogP contribution in [0.5, 0.6) is 0 Å². The molecule has 0 saturated heterocycles. The fourth-order valence-electron chi connectivity index (χ4n) is 1.79. The Bertz CT molecular complexity index is 391. The maximum Gasteiger partial charge on any atom is 0.238 e. The van der Waals surface area contributed by atoms with Gasteiger partial charge in [0.2, 0.25) is 5.91 Å². The molecule has 2 N–H and O–H groups in total. The Hall–Kier alpha value is -0.870. The third-order valence-corrected chi connectivity index (χ3v) is 3.62. The van der Waals surface area contributed by atoms with Crippen molar-refractivity contribution in [2.45, 2.75) is 13.3 Å². The highest BCUT2D eigenvalue weighted by atomic mass is 79.9. The number of hydrogen-bond donors (Lipinski definition) is 2. The van der Waals surface area contributed by atoms with Gasteiger partial charge in [0.1, 0.15) is 0 Å². The van der Waals surface area contributed by atoms with E-state index in [9.17, 15) is 4.79 Å². The second-order valence-corrected chi connectivity index (χ2v) is 5.57. The molecule has 4 heteroatoms. The molecule has 17 heavy (non-hydrogen) atoms. The first-order valence-electron chi connectivity index (χ1n) is 5.91. The van der Waals surface area contributed by atoms with Gasteiger partial charge in [0.05, 0.1) is 6.54 Å². The van der Waals surface area contributed by atoms with E-state index < -0.39 is 0 Å². The predicted molar refractivity (Wildman–Crippen MR) is 72.9 cm³/mol. The van der Waals surface area contributed by atoms with Crippen LogP contribution < -0.4 is 10.6 Å². The molecule has 1 fully saturated rings. The fourth-order valence-corrected chi connectivity index (χ4v) is 2.06. The molecule has 1 aromatic carbocycles. The minimum Gasteiger partial charge on any atom is -0.325 e. The summed E-state index contributed by atoms with van der Waals surface area (Å²) in [5, 5.41) is 6.04. The Morgan fingerprint density at radius 2 is 2.06 bits per heavy atom. The van der Waals surface area contributed by atoms with Crippen molar-refractivity contribution in [3.63, 3.8) is 0 Å². The second kappa shape index (κ2) is 5.65. The predicted octanol–water partition coefficient (Wildman–Crippen LogP) is 2.63. The molecule has 0 spiro atoms. The molecule has 0 bridgehead atoms. The van der Waals surface area contributed by atoms with Gasteiger partial charge >= 0.3 is 0 Å². The van der Waals surface area contributed by atoms with Gasteiger partial charge in [0, 0.05) is 10.2 Å². The second-order valence-electron chi connectivity index (χ2n) is 4.66. The Morgan fingerprint density at radius 3 is 2.65 bits per heavy atom. The van der Waals surface area contributed by atoms with Crippen LogP contribution in [0.15, 0.2) is 28.7 Å². The van der Waals surface area contributed by atoms with Crippen molar-refractivity contribution >= 4 is 27.5 Å². The lowest BCUT2D eigenvalue weighted by Crippen LogP contribution is -2.29. The standard InChI is InChI=1S/C13H17BrN2O/c1-9-6-10(9)7-15-8-13(17)16-12-4-2-11(14)3-5-12/h2-5,9-10,15H,6-8H2,1H3,(H,16,17). The summed E-state index contributed by atoms with van der Waals surface area (Å²) in [5.74, 6) is 1.62. The van der Waals surface area contributed by atoms with E-state index >= 15 is 0 Å². The van der Waals surface area contributed by atoms with Gasteiger partial charge < -0.3 is 10.6 Å². The molecule has 0 aromatic heterocycles. The molecule has 0 heterocycles. The first-order chi connectivity index (χ1) is 8.15. The Morgan fingerprint density at radius 1 is 1.41 bits per heavy atom. The fraction of sp³-hybridized carbons (Fsp3) is 0.462. The van der Waals surface area contributed by atoms with Crippen LogP contribution in [-0.4, -0.2) is 19.0 Å². The molecule has 2 unspecified atom stereocenters. The highest BCUT2D eigenvalue weighted by molar-refractivity contribution is 9.10. The van der Waals surface area contributed by atoms with Gasteiger partial charge in [-0.1, -0.05) is 22.9 Å². The third-order valence-electron chi connectivity index (χ3n) is 3.10. The number of halogens is 1. The zero-order chi connectivity index (χ0) is 12.3. The SMILES string of the molecule is CC1CC1CNCC(=O)Nc1ccc(Br)cc1. The summed E-state index contributed by atoms with van der Waals surface area (Å²) in [6.45, 7) is 3.59. The Kier molecular flexibility index (Phi) is 4.18. The molecular formula is C13H17BrN2O. The zero-order valence-electron chi connectivity index (χ0n) is 9.87. The molecule has 2 atom stereocenters. The maximum atomic E-state index is 11.6. The van der Waals surface area contributed by atoms with Crippen LogP contribution >= 0.6 is 15.9 Å². The number of carbonyl (C=O) groups excluding carboxylic acids is 1. The van der Waals surface area contributed by atoms with Gasteiger partial charge in [0.15, 0.2) is 0 Å². The molecule has 1 aromatic rings. The normalized spacial score (nSPS) is 22.2. The van der Waals surface area contributed by atoms with E-state index in [1.54, 1.807) is 0 Å². The van der Waals surface area contributed by atoms with Gasteiger partial charge in [-0.05, 0) is 49.1 Å². The molecular weight excluding hydrogens is 280 g/mol. The molecule has 92 valence electrons. The van der Waals surface area contributed by atoms with Crippen molar-refractivity contribution in [1.29, 1.82) is 0 Å². The van der Waals surface area contributed by atoms with Crippen molar-refractivity contribution in [2.24, 2.45) is 11.8 Å². The third kappa shape index (κ3) is 4.13. The lowest BCUT2D eigenvalue weighted by molar-refractivity contribution is -0.115. The topological polar surface area (TPSA) is 41.1 Å². The van der Waals surface area contributed by atoms with Crippen LogP contribution in [0.1, 0.15) is 13.3 Å². The van der Waals surface area contributed by atoms with Crippen molar-refractivity contribution in [3.05, 3.63) is 28.7 Å². The van der Waals surface area contributed by atoms with Crippen LogP contribution in [0.25, 0.3) is 0 Å². The largest absolute Gasteiger partial charge is 0.325 e. The minimum atomic E-state index is 0.0145. The summed E-state index contributed by atoms with van der Waals surface area (Å²) < 4.78 is 1.01. The summed E-state index contributed by atoms with van der Waals surface area (Å²) in [6, 6.07) is 7.58. The van der Waals surface area contributed by atoms with Gasteiger partial charge in [-0.2, -0.15) is 0 Å².